The first-order valence-electron chi connectivity index (χ1n) is 5.12. The van der Waals surface area contributed by atoms with E-state index in [-0.39, 0.29) is 5.63 Å². The number of carboxylic acid groups (broad SMARTS) is 1. The number of hydrogen-bond donors (Lipinski definition) is 1. The van der Waals surface area contributed by atoms with Crippen LogP contribution in [0.5, 0.6) is 0 Å². The van der Waals surface area contributed by atoms with E-state index in [0.717, 1.165) is 17.9 Å². The molecule has 0 aliphatic carbocycles. The third-order valence-corrected chi connectivity index (χ3v) is 2.36. The number of fused-ring (bicyclic) bond motifs is 1. The number of benzene rings is 1. The molecule has 2 aromatic rings. The summed E-state index contributed by atoms with van der Waals surface area (Å²) in [4.78, 5) is 20.3. The van der Waals surface area contributed by atoms with Gasteiger partial charge in [-0.1, -0.05) is 18.2 Å². The predicted molar refractivity (Wildman–Crippen MR) is 65.3 cm³/mol. The van der Waals surface area contributed by atoms with Crippen molar-refractivity contribution in [3.8, 4) is 0 Å². The van der Waals surface area contributed by atoms with E-state index in [1.807, 2.05) is 31.2 Å². The molecule has 0 aliphatic heterocycles. The Balaban J connectivity index is 0.000000317. The lowest BCUT2D eigenvalue weighted by Gasteiger charge is -2.02. The second-order valence-electron chi connectivity index (χ2n) is 3.65. The van der Waals surface area contributed by atoms with Gasteiger partial charge in [-0.25, -0.2) is 4.79 Å². The molecule has 1 aromatic heterocycles. The van der Waals surface area contributed by atoms with E-state index >= 15 is 0 Å². The van der Waals surface area contributed by atoms with Crippen molar-refractivity contribution in [2.24, 2.45) is 0 Å². The minimum atomic E-state index is -0.833. The Morgan fingerprint density at radius 2 is 1.71 bits per heavy atom. The quantitative estimate of drug-likeness (QED) is 0.711. The molecule has 0 fully saturated rings. The smallest absolute Gasteiger partial charge is 0.339 e. The van der Waals surface area contributed by atoms with Gasteiger partial charge < -0.3 is 9.52 Å². The zero-order chi connectivity index (χ0) is 13.0. The molecule has 4 heteroatoms. The Hall–Kier alpha value is -2.10. The summed E-state index contributed by atoms with van der Waals surface area (Å²) >= 11 is 0. The fourth-order valence-corrected chi connectivity index (χ4v) is 1.40. The Morgan fingerprint density at radius 3 is 2.29 bits per heavy atom. The van der Waals surface area contributed by atoms with Gasteiger partial charge in [0.25, 0.3) is 5.97 Å². The molecule has 0 radical (unpaired) electrons. The molecule has 0 unspecified atom stereocenters. The van der Waals surface area contributed by atoms with Crippen molar-refractivity contribution in [2.45, 2.75) is 20.8 Å². The molecule has 4 nitrogen and oxygen atoms in total. The zero-order valence-electron chi connectivity index (χ0n) is 9.98. The van der Waals surface area contributed by atoms with Crippen LogP contribution in [0.1, 0.15) is 18.1 Å². The maximum absolute atomic E-state index is 11.3. The number of carboxylic acids is 1. The highest BCUT2D eigenvalue weighted by Gasteiger charge is 2.05. The molecule has 0 spiro atoms. The van der Waals surface area contributed by atoms with Gasteiger partial charge in [-0.15, -0.1) is 0 Å². The van der Waals surface area contributed by atoms with E-state index in [2.05, 4.69) is 0 Å². The highest BCUT2D eigenvalue weighted by molar-refractivity contribution is 5.80. The first-order chi connectivity index (χ1) is 7.93. The van der Waals surface area contributed by atoms with Crippen LogP contribution in [-0.2, 0) is 4.79 Å². The predicted octanol–water partition coefficient (Wildman–Crippen LogP) is 2.50. The number of aliphatic carboxylic acids is 1. The summed E-state index contributed by atoms with van der Waals surface area (Å²) in [5.74, 6) is -0.833. The van der Waals surface area contributed by atoms with Crippen LogP contribution < -0.4 is 5.63 Å². The molecule has 1 heterocycles. The van der Waals surface area contributed by atoms with Gasteiger partial charge in [0.15, 0.2) is 0 Å². The minimum absolute atomic E-state index is 0.240. The Kier molecular flexibility index (Phi) is 4.04. The molecular formula is C13H14O4. The summed E-state index contributed by atoms with van der Waals surface area (Å²) in [6.07, 6.45) is 0. The average molecular weight is 234 g/mol. The lowest BCUT2D eigenvalue weighted by molar-refractivity contribution is -0.134. The van der Waals surface area contributed by atoms with Crippen molar-refractivity contribution < 1.29 is 14.3 Å². The van der Waals surface area contributed by atoms with Crippen LogP contribution in [0.25, 0.3) is 11.0 Å². The number of hydrogen-bond acceptors (Lipinski definition) is 3. The van der Waals surface area contributed by atoms with Gasteiger partial charge in [0.2, 0.25) is 0 Å². The van der Waals surface area contributed by atoms with Gasteiger partial charge in [-0.2, -0.15) is 0 Å². The average Bonchev–Trinajstić information content (AvgIpc) is 2.25. The summed E-state index contributed by atoms with van der Waals surface area (Å²) in [5.41, 5.74) is 2.12. The van der Waals surface area contributed by atoms with Crippen LogP contribution >= 0.6 is 0 Å². The molecule has 0 bridgehead atoms. The van der Waals surface area contributed by atoms with Crippen molar-refractivity contribution in [2.75, 3.05) is 0 Å². The Morgan fingerprint density at radius 1 is 1.18 bits per heavy atom. The highest BCUT2D eigenvalue weighted by Crippen LogP contribution is 2.17. The molecule has 1 N–H and O–H groups in total. The molecule has 0 saturated carbocycles. The van der Waals surface area contributed by atoms with Gasteiger partial charge >= 0.3 is 5.63 Å². The van der Waals surface area contributed by atoms with Gasteiger partial charge in [0.1, 0.15) is 5.58 Å². The normalized spacial score (nSPS) is 9.59. The van der Waals surface area contributed by atoms with E-state index in [1.54, 1.807) is 6.92 Å². The number of carbonyl (C=O) groups is 1. The molecule has 0 saturated heterocycles. The topological polar surface area (TPSA) is 67.5 Å². The second kappa shape index (κ2) is 5.30. The summed E-state index contributed by atoms with van der Waals surface area (Å²) in [5, 5.41) is 8.43. The van der Waals surface area contributed by atoms with Crippen LogP contribution in [0.15, 0.2) is 33.5 Å². The molecular weight excluding hydrogens is 220 g/mol. The first-order valence-corrected chi connectivity index (χ1v) is 5.12. The molecule has 2 rings (SSSR count). The minimum Gasteiger partial charge on any atom is -0.481 e. The fourth-order valence-electron chi connectivity index (χ4n) is 1.40. The van der Waals surface area contributed by atoms with Crippen LogP contribution in [0, 0.1) is 13.8 Å². The second-order valence-corrected chi connectivity index (χ2v) is 3.65. The van der Waals surface area contributed by atoms with Gasteiger partial charge in [0.05, 0.1) is 0 Å². The van der Waals surface area contributed by atoms with Crippen molar-refractivity contribution in [3.63, 3.8) is 0 Å². The first kappa shape index (κ1) is 13.0. The van der Waals surface area contributed by atoms with Crippen LogP contribution in [0.4, 0.5) is 0 Å². The van der Waals surface area contributed by atoms with Gasteiger partial charge in [-0.3, -0.25) is 4.79 Å². The third kappa shape index (κ3) is 3.17. The molecule has 0 aliphatic rings. The summed E-state index contributed by atoms with van der Waals surface area (Å²) in [6, 6.07) is 7.57. The van der Waals surface area contributed by atoms with Crippen molar-refractivity contribution in [3.05, 3.63) is 45.8 Å². The Labute approximate surface area is 98.5 Å². The van der Waals surface area contributed by atoms with Crippen LogP contribution in [-0.4, -0.2) is 11.1 Å². The van der Waals surface area contributed by atoms with E-state index in [4.69, 9.17) is 14.3 Å². The van der Waals surface area contributed by atoms with Crippen molar-refractivity contribution in [1.82, 2.24) is 0 Å². The largest absolute Gasteiger partial charge is 0.481 e. The van der Waals surface area contributed by atoms with Gasteiger partial charge in [-0.05, 0) is 25.5 Å². The van der Waals surface area contributed by atoms with Crippen LogP contribution in [0.3, 0.4) is 0 Å². The summed E-state index contributed by atoms with van der Waals surface area (Å²) in [6.45, 7) is 4.81. The monoisotopic (exact) mass is 234 g/mol. The Bertz CT molecular complexity index is 592. The van der Waals surface area contributed by atoms with Gasteiger partial charge in [0, 0.05) is 17.9 Å². The molecule has 17 heavy (non-hydrogen) atoms. The van der Waals surface area contributed by atoms with E-state index in [0.29, 0.717) is 11.1 Å². The highest BCUT2D eigenvalue weighted by atomic mass is 16.4. The van der Waals surface area contributed by atoms with E-state index in [9.17, 15) is 4.79 Å². The lowest BCUT2D eigenvalue weighted by atomic mass is 10.1. The molecule has 1 aromatic carbocycles. The third-order valence-electron chi connectivity index (χ3n) is 2.36. The standard InChI is InChI=1S/C11H10O2.C2H4O2/c1-7-8(2)11(12)13-10-6-4-3-5-9(7)10;1-2(3)4/h3-6H,1-2H3;1H3,(H,3,4). The summed E-state index contributed by atoms with van der Waals surface area (Å²) in [7, 11) is 0. The zero-order valence-corrected chi connectivity index (χ0v) is 9.98. The number of para-hydroxylation sites is 1. The molecule has 90 valence electrons. The lowest BCUT2D eigenvalue weighted by Crippen LogP contribution is -2.05. The van der Waals surface area contributed by atoms with E-state index < -0.39 is 5.97 Å². The van der Waals surface area contributed by atoms with Crippen molar-refractivity contribution >= 4 is 16.9 Å². The number of aryl methyl sites for hydroxylation is 1. The number of rotatable bonds is 0. The maximum atomic E-state index is 11.3. The summed E-state index contributed by atoms with van der Waals surface area (Å²) < 4.78 is 5.12. The fraction of sp³-hybridized carbons (Fsp3) is 0.231. The molecule has 0 atom stereocenters. The maximum Gasteiger partial charge on any atom is 0.339 e. The SMILES string of the molecule is CC(=O)O.Cc1c(C)c2ccccc2oc1=O. The van der Waals surface area contributed by atoms with E-state index in [1.165, 1.54) is 0 Å². The molecule has 0 amide bonds. The van der Waals surface area contributed by atoms with Crippen LogP contribution in [0.2, 0.25) is 0 Å². The van der Waals surface area contributed by atoms with Crippen molar-refractivity contribution in [1.29, 1.82) is 0 Å².